The molecule has 0 aliphatic carbocycles. The van der Waals surface area contributed by atoms with Gasteiger partial charge in [-0.15, -0.1) is 0 Å². The van der Waals surface area contributed by atoms with Crippen molar-refractivity contribution in [2.45, 2.75) is 31.8 Å². The molecule has 2 rings (SSSR count). The van der Waals surface area contributed by atoms with Gasteiger partial charge in [-0.25, -0.2) is 0 Å². The third-order valence-electron chi connectivity index (χ3n) is 2.91. The fourth-order valence-electron chi connectivity index (χ4n) is 1.96. The van der Waals surface area contributed by atoms with Crippen LogP contribution in [-0.2, 0) is 11.2 Å². The van der Waals surface area contributed by atoms with E-state index in [0.29, 0.717) is 6.42 Å². The molecule has 1 saturated heterocycles. The number of hydrogen-bond donors (Lipinski definition) is 2. The normalized spacial score (nSPS) is 25.3. The number of nitrogens with two attached hydrogens (primary N) is 1. The van der Waals surface area contributed by atoms with Crippen LogP contribution in [-0.4, -0.2) is 11.9 Å². The maximum absolute atomic E-state index is 11.2. The lowest BCUT2D eigenvalue weighted by atomic mass is 10.00. The molecule has 0 bridgehead atoms. The summed E-state index contributed by atoms with van der Waals surface area (Å²) in [5, 5.41) is 2.89. The van der Waals surface area contributed by atoms with Gasteiger partial charge in [0.2, 0.25) is 5.91 Å². The number of nitrogens with one attached hydrogen (secondary N) is 1. The zero-order valence-corrected chi connectivity index (χ0v) is 8.86. The van der Waals surface area contributed by atoms with E-state index in [-0.39, 0.29) is 18.0 Å². The van der Waals surface area contributed by atoms with E-state index in [1.54, 1.807) is 0 Å². The highest BCUT2D eigenvalue weighted by molar-refractivity contribution is 5.80. The van der Waals surface area contributed by atoms with Crippen molar-refractivity contribution in [3.05, 3.63) is 35.4 Å². The molecule has 1 aromatic rings. The number of rotatable bonds is 2. The number of carbonyl (C=O) groups excluding carboxylic acids is 1. The Hall–Kier alpha value is -1.35. The van der Waals surface area contributed by atoms with Gasteiger partial charge in [0.15, 0.2) is 0 Å². The van der Waals surface area contributed by atoms with E-state index in [9.17, 15) is 4.79 Å². The Kier molecular flexibility index (Phi) is 2.73. The molecular formula is C12H16N2O. The Morgan fingerprint density at radius 2 is 2.07 bits per heavy atom. The van der Waals surface area contributed by atoms with Gasteiger partial charge in [-0.3, -0.25) is 4.79 Å². The van der Waals surface area contributed by atoms with E-state index in [0.717, 1.165) is 12.0 Å². The molecule has 80 valence electrons. The Morgan fingerprint density at radius 3 is 2.53 bits per heavy atom. The molecular weight excluding hydrogens is 188 g/mol. The lowest BCUT2D eigenvalue weighted by Crippen LogP contribution is -2.28. The molecule has 2 unspecified atom stereocenters. The summed E-state index contributed by atoms with van der Waals surface area (Å²) in [5.41, 5.74) is 8.29. The highest BCUT2D eigenvalue weighted by Gasteiger charge is 2.30. The van der Waals surface area contributed by atoms with Gasteiger partial charge in [-0.2, -0.15) is 0 Å². The zero-order chi connectivity index (χ0) is 10.8. The number of benzene rings is 1. The van der Waals surface area contributed by atoms with Crippen molar-refractivity contribution in [1.29, 1.82) is 0 Å². The summed E-state index contributed by atoms with van der Waals surface area (Å²) < 4.78 is 0. The average molecular weight is 204 g/mol. The van der Waals surface area contributed by atoms with Crippen LogP contribution in [0.25, 0.3) is 0 Å². The first-order valence-corrected chi connectivity index (χ1v) is 5.34. The van der Waals surface area contributed by atoms with Crippen LogP contribution in [0.1, 0.15) is 30.5 Å². The Balaban J connectivity index is 2.19. The fourth-order valence-corrected chi connectivity index (χ4v) is 1.96. The predicted molar refractivity (Wildman–Crippen MR) is 59.3 cm³/mol. The van der Waals surface area contributed by atoms with E-state index in [4.69, 9.17) is 5.73 Å². The van der Waals surface area contributed by atoms with Gasteiger partial charge in [0.25, 0.3) is 0 Å². The highest BCUT2D eigenvalue weighted by atomic mass is 16.2. The standard InChI is InChI=1S/C12H16N2O/c1-2-8-3-5-9(6-4-8)12-10(13)7-11(15)14-12/h3-6,10,12H,2,7,13H2,1H3,(H,14,15). The molecule has 0 radical (unpaired) electrons. The van der Waals surface area contributed by atoms with Crippen LogP contribution in [0.4, 0.5) is 0 Å². The monoisotopic (exact) mass is 204 g/mol. The first kappa shape index (κ1) is 10.2. The van der Waals surface area contributed by atoms with Crippen molar-refractivity contribution >= 4 is 5.91 Å². The second-order valence-corrected chi connectivity index (χ2v) is 4.01. The maximum atomic E-state index is 11.2. The zero-order valence-electron chi connectivity index (χ0n) is 8.86. The molecule has 1 heterocycles. The van der Waals surface area contributed by atoms with Gasteiger partial charge < -0.3 is 11.1 Å². The first-order valence-electron chi connectivity index (χ1n) is 5.34. The van der Waals surface area contributed by atoms with Crippen molar-refractivity contribution < 1.29 is 4.79 Å². The quantitative estimate of drug-likeness (QED) is 0.759. The summed E-state index contributed by atoms with van der Waals surface area (Å²) in [6.07, 6.45) is 1.46. The highest BCUT2D eigenvalue weighted by Crippen LogP contribution is 2.23. The molecule has 3 heteroatoms. The van der Waals surface area contributed by atoms with Gasteiger partial charge in [0.05, 0.1) is 6.04 Å². The molecule has 1 fully saturated rings. The van der Waals surface area contributed by atoms with Crippen molar-refractivity contribution in [1.82, 2.24) is 5.32 Å². The Bertz CT molecular complexity index is 358. The van der Waals surface area contributed by atoms with Crippen molar-refractivity contribution in [3.8, 4) is 0 Å². The summed E-state index contributed by atoms with van der Waals surface area (Å²) in [6, 6.07) is 8.18. The summed E-state index contributed by atoms with van der Waals surface area (Å²) >= 11 is 0. The topological polar surface area (TPSA) is 55.1 Å². The summed E-state index contributed by atoms with van der Waals surface area (Å²) in [4.78, 5) is 11.2. The third-order valence-corrected chi connectivity index (χ3v) is 2.91. The van der Waals surface area contributed by atoms with Gasteiger partial charge in [0, 0.05) is 12.5 Å². The van der Waals surface area contributed by atoms with Crippen molar-refractivity contribution in [2.75, 3.05) is 0 Å². The van der Waals surface area contributed by atoms with Crippen LogP contribution in [0.2, 0.25) is 0 Å². The van der Waals surface area contributed by atoms with Crippen molar-refractivity contribution in [2.24, 2.45) is 5.73 Å². The largest absolute Gasteiger partial charge is 0.348 e. The summed E-state index contributed by atoms with van der Waals surface area (Å²) in [7, 11) is 0. The molecule has 1 aromatic carbocycles. The lowest BCUT2D eigenvalue weighted by molar-refractivity contribution is -0.119. The molecule has 0 saturated carbocycles. The number of hydrogen-bond acceptors (Lipinski definition) is 2. The Morgan fingerprint density at radius 1 is 1.40 bits per heavy atom. The molecule has 1 aliphatic heterocycles. The van der Waals surface area contributed by atoms with Crippen LogP contribution >= 0.6 is 0 Å². The second kappa shape index (κ2) is 4.03. The van der Waals surface area contributed by atoms with E-state index in [1.165, 1.54) is 5.56 Å². The number of carbonyl (C=O) groups is 1. The third kappa shape index (κ3) is 2.02. The summed E-state index contributed by atoms with van der Waals surface area (Å²) in [6.45, 7) is 2.12. The van der Waals surface area contributed by atoms with Gasteiger partial charge in [0.1, 0.15) is 0 Å². The minimum atomic E-state index is -0.0926. The van der Waals surface area contributed by atoms with Gasteiger partial charge in [-0.1, -0.05) is 31.2 Å². The molecule has 3 N–H and O–H groups in total. The Labute approximate surface area is 89.7 Å². The smallest absolute Gasteiger partial charge is 0.222 e. The van der Waals surface area contributed by atoms with E-state index < -0.39 is 0 Å². The first-order chi connectivity index (χ1) is 7.20. The predicted octanol–water partition coefficient (Wildman–Crippen LogP) is 1.14. The molecule has 0 aromatic heterocycles. The van der Waals surface area contributed by atoms with E-state index >= 15 is 0 Å². The van der Waals surface area contributed by atoms with Crippen LogP contribution in [0.5, 0.6) is 0 Å². The van der Waals surface area contributed by atoms with Crippen molar-refractivity contribution in [3.63, 3.8) is 0 Å². The molecule has 3 nitrogen and oxygen atoms in total. The molecule has 15 heavy (non-hydrogen) atoms. The second-order valence-electron chi connectivity index (χ2n) is 4.01. The fraction of sp³-hybridized carbons (Fsp3) is 0.417. The van der Waals surface area contributed by atoms with Crippen LogP contribution < -0.4 is 11.1 Å². The molecule has 0 spiro atoms. The van der Waals surface area contributed by atoms with E-state index in [1.807, 2.05) is 0 Å². The minimum absolute atomic E-state index is 0.0107. The number of amides is 1. The van der Waals surface area contributed by atoms with Gasteiger partial charge in [-0.05, 0) is 17.5 Å². The molecule has 1 amide bonds. The minimum Gasteiger partial charge on any atom is -0.348 e. The van der Waals surface area contributed by atoms with E-state index in [2.05, 4.69) is 36.5 Å². The average Bonchev–Trinajstić information content (AvgIpc) is 2.58. The van der Waals surface area contributed by atoms with Gasteiger partial charge >= 0.3 is 0 Å². The SMILES string of the molecule is CCc1ccc(C2NC(=O)CC2N)cc1. The summed E-state index contributed by atoms with van der Waals surface area (Å²) in [5.74, 6) is 0.0482. The van der Waals surface area contributed by atoms with Crippen LogP contribution in [0, 0.1) is 0 Å². The molecule has 1 aliphatic rings. The number of aryl methyl sites for hydroxylation is 1. The maximum Gasteiger partial charge on any atom is 0.222 e. The van der Waals surface area contributed by atoms with Crippen LogP contribution in [0.15, 0.2) is 24.3 Å². The molecule has 2 atom stereocenters. The lowest BCUT2D eigenvalue weighted by Gasteiger charge is -2.15. The van der Waals surface area contributed by atoms with Crippen LogP contribution in [0.3, 0.4) is 0 Å².